The molecule has 21 heavy (non-hydrogen) atoms. The number of rotatable bonds is 4. The highest BCUT2D eigenvalue weighted by molar-refractivity contribution is 5.38. The molecule has 1 N–H and O–H groups in total. The second-order valence-electron chi connectivity index (χ2n) is 6.99. The Morgan fingerprint density at radius 1 is 1.24 bits per heavy atom. The van der Waals surface area contributed by atoms with Crippen LogP contribution in [0.25, 0.3) is 0 Å². The summed E-state index contributed by atoms with van der Waals surface area (Å²) in [6, 6.07) is 10.7. The maximum absolute atomic E-state index is 5.94. The highest BCUT2D eigenvalue weighted by Gasteiger charge is 2.41. The number of hydrogen-bond donors (Lipinski definition) is 1. The SMILES string of the molecule is CC1COc2ccccc2C1N(CC1CCCN1)C1CC1. The van der Waals surface area contributed by atoms with Gasteiger partial charge < -0.3 is 10.1 Å². The predicted octanol–water partition coefficient (Wildman–Crippen LogP) is 2.97. The summed E-state index contributed by atoms with van der Waals surface area (Å²) in [4.78, 5) is 2.79. The van der Waals surface area contributed by atoms with Gasteiger partial charge in [-0.25, -0.2) is 0 Å². The first kappa shape index (κ1) is 13.6. The molecule has 3 nitrogen and oxygen atoms in total. The zero-order valence-corrected chi connectivity index (χ0v) is 12.9. The predicted molar refractivity (Wildman–Crippen MR) is 84.6 cm³/mol. The topological polar surface area (TPSA) is 24.5 Å². The Morgan fingerprint density at radius 2 is 2.10 bits per heavy atom. The summed E-state index contributed by atoms with van der Waals surface area (Å²) in [6.07, 6.45) is 5.42. The number of benzene rings is 1. The Hall–Kier alpha value is -1.06. The molecule has 0 aromatic heterocycles. The molecule has 2 heterocycles. The molecule has 3 aliphatic rings. The number of ether oxygens (including phenoxy) is 1. The lowest BCUT2D eigenvalue weighted by molar-refractivity contribution is 0.0769. The Labute approximate surface area is 127 Å². The van der Waals surface area contributed by atoms with Crippen LogP contribution < -0.4 is 10.1 Å². The zero-order valence-electron chi connectivity index (χ0n) is 12.9. The van der Waals surface area contributed by atoms with Crippen LogP contribution in [0.5, 0.6) is 5.75 Å². The Balaban J connectivity index is 1.61. The molecular weight excluding hydrogens is 260 g/mol. The molecule has 2 aliphatic heterocycles. The van der Waals surface area contributed by atoms with Crippen LogP contribution in [-0.2, 0) is 0 Å². The van der Waals surface area contributed by atoms with Crippen LogP contribution in [0.1, 0.15) is 44.2 Å². The van der Waals surface area contributed by atoms with Gasteiger partial charge >= 0.3 is 0 Å². The summed E-state index contributed by atoms with van der Waals surface area (Å²) in [5.41, 5.74) is 1.40. The van der Waals surface area contributed by atoms with Crippen molar-refractivity contribution in [1.82, 2.24) is 10.2 Å². The molecule has 1 aliphatic carbocycles. The van der Waals surface area contributed by atoms with Gasteiger partial charge in [0.2, 0.25) is 0 Å². The number of nitrogens with zero attached hydrogens (tertiary/aromatic N) is 1. The molecule has 0 amide bonds. The van der Waals surface area contributed by atoms with Crippen LogP contribution >= 0.6 is 0 Å². The van der Waals surface area contributed by atoms with Crippen molar-refractivity contribution in [1.29, 1.82) is 0 Å². The summed E-state index contributed by atoms with van der Waals surface area (Å²) in [7, 11) is 0. The minimum absolute atomic E-state index is 0.532. The third-order valence-electron chi connectivity index (χ3n) is 5.25. The van der Waals surface area contributed by atoms with Gasteiger partial charge in [-0.15, -0.1) is 0 Å². The van der Waals surface area contributed by atoms with Crippen LogP contribution in [0.2, 0.25) is 0 Å². The summed E-state index contributed by atoms with van der Waals surface area (Å²) in [5, 5.41) is 3.67. The van der Waals surface area contributed by atoms with E-state index in [1.807, 2.05) is 0 Å². The molecule has 1 saturated carbocycles. The number of para-hydroxylation sites is 1. The van der Waals surface area contributed by atoms with Gasteiger partial charge in [0.25, 0.3) is 0 Å². The first-order chi connectivity index (χ1) is 10.3. The van der Waals surface area contributed by atoms with Gasteiger partial charge in [0, 0.05) is 36.2 Å². The molecule has 0 radical (unpaired) electrons. The Morgan fingerprint density at radius 3 is 2.86 bits per heavy atom. The largest absolute Gasteiger partial charge is 0.493 e. The Bertz CT molecular complexity index is 494. The fraction of sp³-hybridized carbons (Fsp3) is 0.667. The van der Waals surface area contributed by atoms with Gasteiger partial charge in [-0.2, -0.15) is 0 Å². The van der Waals surface area contributed by atoms with Gasteiger partial charge in [-0.05, 0) is 38.3 Å². The molecule has 114 valence electrons. The van der Waals surface area contributed by atoms with Gasteiger partial charge in [0.05, 0.1) is 6.61 Å². The van der Waals surface area contributed by atoms with Gasteiger partial charge in [0.1, 0.15) is 5.75 Å². The summed E-state index contributed by atoms with van der Waals surface area (Å²) in [6.45, 7) is 5.60. The van der Waals surface area contributed by atoms with Crippen molar-refractivity contribution in [3.05, 3.63) is 29.8 Å². The second kappa shape index (κ2) is 5.62. The molecule has 0 spiro atoms. The maximum atomic E-state index is 5.94. The lowest BCUT2D eigenvalue weighted by atomic mass is 9.90. The standard InChI is InChI=1S/C18H26N2O/c1-13-12-21-17-7-3-2-6-16(17)18(13)20(15-8-9-15)11-14-5-4-10-19-14/h2-3,6-7,13-15,18-19H,4-5,8-12H2,1H3. The van der Waals surface area contributed by atoms with E-state index in [4.69, 9.17) is 4.74 Å². The average molecular weight is 286 g/mol. The number of fused-ring (bicyclic) bond motifs is 1. The first-order valence-corrected chi connectivity index (χ1v) is 8.54. The molecule has 1 aromatic rings. The molecular formula is C18H26N2O. The van der Waals surface area contributed by atoms with E-state index in [1.165, 1.54) is 44.3 Å². The van der Waals surface area contributed by atoms with Crippen molar-refractivity contribution in [2.24, 2.45) is 5.92 Å². The van der Waals surface area contributed by atoms with E-state index < -0.39 is 0 Å². The fourth-order valence-corrected chi connectivity index (χ4v) is 4.04. The summed E-state index contributed by atoms with van der Waals surface area (Å²) >= 11 is 0. The molecule has 2 fully saturated rings. The first-order valence-electron chi connectivity index (χ1n) is 8.54. The van der Waals surface area contributed by atoms with E-state index in [2.05, 4.69) is 41.4 Å². The smallest absolute Gasteiger partial charge is 0.124 e. The van der Waals surface area contributed by atoms with Crippen LogP contribution in [-0.4, -0.2) is 36.7 Å². The van der Waals surface area contributed by atoms with Crippen molar-refractivity contribution < 1.29 is 4.74 Å². The third kappa shape index (κ3) is 2.69. The van der Waals surface area contributed by atoms with Gasteiger partial charge in [-0.3, -0.25) is 4.90 Å². The fourth-order valence-electron chi connectivity index (χ4n) is 4.04. The minimum Gasteiger partial charge on any atom is -0.493 e. The van der Waals surface area contributed by atoms with E-state index in [0.717, 1.165) is 18.4 Å². The van der Waals surface area contributed by atoms with Gasteiger partial charge in [-0.1, -0.05) is 25.1 Å². The van der Waals surface area contributed by atoms with Crippen molar-refractivity contribution in [3.8, 4) is 5.75 Å². The molecule has 3 unspecified atom stereocenters. The maximum Gasteiger partial charge on any atom is 0.124 e. The monoisotopic (exact) mass is 286 g/mol. The van der Waals surface area contributed by atoms with E-state index in [0.29, 0.717) is 18.0 Å². The minimum atomic E-state index is 0.532. The molecule has 1 saturated heterocycles. The molecule has 0 bridgehead atoms. The van der Waals surface area contributed by atoms with Crippen LogP contribution in [0, 0.1) is 5.92 Å². The lowest BCUT2D eigenvalue weighted by Gasteiger charge is -2.41. The van der Waals surface area contributed by atoms with Crippen LogP contribution in [0.15, 0.2) is 24.3 Å². The van der Waals surface area contributed by atoms with E-state index in [1.54, 1.807) is 0 Å². The second-order valence-corrected chi connectivity index (χ2v) is 6.99. The number of nitrogens with one attached hydrogen (secondary N) is 1. The van der Waals surface area contributed by atoms with Crippen molar-refractivity contribution >= 4 is 0 Å². The molecule has 3 atom stereocenters. The van der Waals surface area contributed by atoms with Crippen molar-refractivity contribution in [2.75, 3.05) is 19.7 Å². The third-order valence-corrected chi connectivity index (χ3v) is 5.25. The highest BCUT2D eigenvalue weighted by atomic mass is 16.5. The zero-order chi connectivity index (χ0) is 14.2. The lowest BCUT2D eigenvalue weighted by Crippen LogP contribution is -2.45. The summed E-state index contributed by atoms with van der Waals surface area (Å²) < 4.78 is 5.94. The summed E-state index contributed by atoms with van der Waals surface area (Å²) in [5.74, 6) is 1.67. The Kier molecular flexibility index (Phi) is 3.64. The van der Waals surface area contributed by atoms with Crippen molar-refractivity contribution in [2.45, 2.75) is 50.7 Å². The number of hydrogen-bond acceptors (Lipinski definition) is 3. The van der Waals surface area contributed by atoms with E-state index >= 15 is 0 Å². The van der Waals surface area contributed by atoms with Crippen LogP contribution in [0.3, 0.4) is 0 Å². The van der Waals surface area contributed by atoms with Gasteiger partial charge in [0.15, 0.2) is 0 Å². The van der Waals surface area contributed by atoms with E-state index in [-0.39, 0.29) is 0 Å². The van der Waals surface area contributed by atoms with E-state index in [9.17, 15) is 0 Å². The molecule has 3 heteroatoms. The molecule has 1 aromatic carbocycles. The average Bonchev–Trinajstić information content (AvgIpc) is 3.23. The van der Waals surface area contributed by atoms with Crippen molar-refractivity contribution in [3.63, 3.8) is 0 Å². The highest BCUT2D eigenvalue weighted by Crippen LogP contribution is 2.44. The quantitative estimate of drug-likeness (QED) is 0.921. The van der Waals surface area contributed by atoms with Crippen LogP contribution in [0.4, 0.5) is 0 Å². The normalized spacial score (nSPS) is 32.0. The molecule has 4 rings (SSSR count).